The van der Waals surface area contributed by atoms with Gasteiger partial charge in [0.15, 0.2) is 0 Å². The summed E-state index contributed by atoms with van der Waals surface area (Å²) in [6.07, 6.45) is 0. The summed E-state index contributed by atoms with van der Waals surface area (Å²) in [4.78, 5) is 15.2. The third-order valence-corrected chi connectivity index (χ3v) is 0.920. The third-order valence-electron chi connectivity index (χ3n) is 0.920. The van der Waals surface area contributed by atoms with Gasteiger partial charge >= 0.3 is 5.97 Å². The highest BCUT2D eigenvalue weighted by molar-refractivity contribution is 5.98. The van der Waals surface area contributed by atoms with E-state index in [9.17, 15) is 4.79 Å². The van der Waals surface area contributed by atoms with Crippen molar-refractivity contribution in [2.24, 2.45) is 5.16 Å². The van der Waals surface area contributed by atoms with E-state index in [0.29, 0.717) is 11.3 Å². The average Bonchev–Trinajstić information content (AvgIpc) is 2.00. The number of carbonyl (C=O) groups excluding carboxylic acids is 1. The highest BCUT2D eigenvalue weighted by Crippen LogP contribution is 1.92. The molecule has 0 aliphatic rings. The second kappa shape index (κ2) is 5.14. The lowest BCUT2D eigenvalue weighted by Crippen LogP contribution is -2.01. The van der Waals surface area contributed by atoms with Crippen LogP contribution < -0.4 is 0 Å². The van der Waals surface area contributed by atoms with Gasteiger partial charge in [0, 0.05) is 5.57 Å². The third kappa shape index (κ3) is 4.29. The first-order chi connectivity index (χ1) is 5.57. The Balaban J connectivity index is 4.11. The molecule has 0 aliphatic carbocycles. The zero-order valence-corrected chi connectivity index (χ0v) is 7.47. The fourth-order valence-corrected chi connectivity index (χ4v) is 0.392. The fourth-order valence-electron chi connectivity index (χ4n) is 0.392. The van der Waals surface area contributed by atoms with Crippen molar-refractivity contribution >= 4 is 11.7 Å². The van der Waals surface area contributed by atoms with Gasteiger partial charge in [0.05, 0.1) is 0 Å². The molecule has 0 spiro atoms. The van der Waals surface area contributed by atoms with Gasteiger partial charge in [0.2, 0.25) is 0 Å². The monoisotopic (exact) mass is 165 g/mol. The zero-order chi connectivity index (χ0) is 9.56. The lowest BCUT2D eigenvalue weighted by Gasteiger charge is -1.94. The van der Waals surface area contributed by atoms with Crippen LogP contribution in [0.1, 0.15) is 20.8 Å². The Morgan fingerprint density at radius 1 is 1.50 bits per heavy atom. The Morgan fingerprint density at radius 2 is 2.08 bits per heavy atom. The molecular formula is C9H11NO2. The van der Waals surface area contributed by atoms with Crippen LogP contribution in [-0.4, -0.2) is 11.7 Å². The van der Waals surface area contributed by atoms with Crippen molar-refractivity contribution < 1.29 is 9.63 Å². The lowest BCUT2D eigenvalue weighted by atomic mass is 10.4. The summed E-state index contributed by atoms with van der Waals surface area (Å²) in [5.41, 5.74) is 0.781. The molecule has 0 aromatic rings. The molecule has 0 aliphatic heterocycles. The first kappa shape index (κ1) is 10.4. The van der Waals surface area contributed by atoms with Crippen molar-refractivity contribution in [1.82, 2.24) is 0 Å². The molecule has 0 N–H and O–H groups in total. The molecule has 0 fully saturated rings. The summed E-state index contributed by atoms with van der Waals surface area (Å²) in [5.74, 6) is 4.72. The van der Waals surface area contributed by atoms with Crippen molar-refractivity contribution in [3.63, 3.8) is 0 Å². The summed E-state index contributed by atoms with van der Waals surface area (Å²) in [5, 5.41) is 3.47. The van der Waals surface area contributed by atoms with Crippen LogP contribution in [0.3, 0.4) is 0 Å². The van der Waals surface area contributed by atoms with Gasteiger partial charge in [0.1, 0.15) is 5.71 Å². The van der Waals surface area contributed by atoms with Crippen LogP contribution >= 0.6 is 0 Å². The Hall–Kier alpha value is -1.56. The first-order valence-electron chi connectivity index (χ1n) is 3.42. The van der Waals surface area contributed by atoms with Crippen LogP contribution in [0.15, 0.2) is 17.3 Å². The smallest absolute Gasteiger partial charge is 0.312 e. The molecule has 12 heavy (non-hydrogen) atoms. The number of hydrogen-bond acceptors (Lipinski definition) is 3. The Bertz CT molecular complexity index is 279. The van der Waals surface area contributed by atoms with Gasteiger partial charge in [-0.3, -0.25) is 0 Å². The fraction of sp³-hybridized carbons (Fsp3) is 0.333. The van der Waals surface area contributed by atoms with E-state index < -0.39 is 5.97 Å². The predicted molar refractivity (Wildman–Crippen MR) is 47.5 cm³/mol. The highest BCUT2D eigenvalue weighted by Gasteiger charge is 2.01. The zero-order valence-electron chi connectivity index (χ0n) is 7.47. The van der Waals surface area contributed by atoms with E-state index in [1.165, 1.54) is 0 Å². The van der Waals surface area contributed by atoms with Gasteiger partial charge in [0.25, 0.3) is 0 Å². The van der Waals surface area contributed by atoms with E-state index in [1.807, 2.05) is 0 Å². The second-order valence-electron chi connectivity index (χ2n) is 2.21. The van der Waals surface area contributed by atoms with E-state index in [1.54, 1.807) is 20.8 Å². The quantitative estimate of drug-likeness (QED) is 0.204. The average molecular weight is 165 g/mol. The second-order valence-corrected chi connectivity index (χ2v) is 2.21. The number of carbonyl (C=O) groups is 1. The van der Waals surface area contributed by atoms with Gasteiger partial charge in [-0.1, -0.05) is 17.7 Å². The molecule has 0 atom stereocenters. The van der Waals surface area contributed by atoms with E-state index in [-0.39, 0.29) is 0 Å². The Morgan fingerprint density at radius 3 is 2.50 bits per heavy atom. The van der Waals surface area contributed by atoms with Crippen LogP contribution in [0.5, 0.6) is 0 Å². The highest BCUT2D eigenvalue weighted by atomic mass is 16.7. The van der Waals surface area contributed by atoms with Crippen LogP contribution in [-0.2, 0) is 9.63 Å². The van der Waals surface area contributed by atoms with Gasteiger partial charge < -0.3 is 4.84 Å². The number of nitrogens with zero attached hydrogens (tertiary/aromatic N) is 1. The Labute approximate surface area is 72.1 Å². The van der Waals surface area contributed by atoms with Crippen molar-refractivity contribution in [2.45, 2.75) is 20.8 Å². The number of rotatable bonds is 2. The number of oxime groups is 1. The summed E-state index contributed by atoms with van der Waals surface area (Å²) in [6, 6.07) is 0. The molecule has 0 heterocycles. The minimum atomic E-state index is -0.535. The molecule has 0 aromatic carbocycles. The van der Waals surface area contributed by atoms with Gasteiger partial charge in [-0.2, -0.15) is 0 Å². The van der Waals surface area contributed by atoms with E-state index in [0.717, 1.165) is 0 Å². The van der Waals surface area contributed by atoms with Crippen LogP contribution in [0.4, 0.5) is 0 Å². The topological polar surface area (TPSA) is 38.7 Å². The molecule has 0 aromatic heterocycles. The maximum atomic E-state index is 10.8. The molecular weight excluding hydrogens is 154 g/mol. The Kier molecular flexibility index (Phi) is 4.47. The van der Waals surface area contributed by atoms with Crippen molar-refractivity contribution in [2.75, 3.05) is 0 Å². The van der Waals surface area contributed by atoms with E-state index in [2.05, 4.69) is 28.4 Å². The van der Waals surface area contributed by atoms with Crippen molar-refractivity contribution in [3.05, 3.63) is 12.2 Å². The maximum absolute atomic E-state index is 10.8. The molecule has 0 bridgehead atoms. The number of hydrogen-bond donors (Lipinski definition) is 0. The van der Waals surface area contributed by atoms with Crippen LogP contribution in [0.25, 0.3) is 0 Å². The van der Waals surface area contributed by atoms with Crippen molar-refractivity contribution in [3.8, 4) is 11.8 Å². The van der Waals surface area contributed by atoms with Gasteiger partial charge in [-0.25, -0.2) is 4.79 Å². The molecule has 3 nitrogen and oxygen atoms in total. The summed E-state index contributed by atoms with van der Waals surface area (Å²) in [7, 11) is 0. The lowest BCUT2D eigenvalue weighted by molar-refractivity contribution is -0.138. The molecule has 64 valence electrons. The molecule has 0 amide bonds. The van der Waals surface area contributed by atoms with Gasteiger partial charge in [-0.15, -0.1) is 0 Å². The summed E-state index contributed by atoms with van der Waals surface area (Å²) in [6.45, 7) is 8.29. The van der Waals surface area contributed by atoms with E-state index >= 15 is 0 Å². The molecule has 0 rings (SSSR count). The predicted octanol–water partition coefficient (Wildman–Crippen LogP) is 1.50. The standard InChI is InChI=1S/C9H11NO2/c1-5-6-8(4)10-12-9(11)7(2)3/h2H2,1,3-4H3. The maximum Gasteiger partial charge on any atom is 0.360 e. The summed E-state index contributed by atoms with van der Waals surface area (Å²) >= 11 is 0. The largest absolute Gasteiger partial charge is 0.360 e. The van der Waals surface area contributed by atoms with Gasteiger partial charge in [-0.05, 0) is 26.7 Å². The summed E-state index contributed by atoms with van der Waals surface area (Å²) < 4.78 is 0. The molecule has 0 saturated heterocycles. The van der Waals surface area contributed by atoms with Crippen LogP contribution in [0.2, 0.25) is 0 Å². The molecule has 0 unspecified atom stereocenters. The minimum Gasteiger partial charge on any atom is -0.312 e. The molecule has 3 heteroatoms. The SMILES string of the molecule is C=C(C)C(=O)ON=C(C)C#CC. The van der Waals surface area contributed by atoms with E-state index in [4.69, 9.17) is 0 Å². The van der Waals surface area contributed by atoms with Crippen molar-refractivity contribution in [1.29, 1.82) is 0 Å². The first-order valence-corrected chi connectivity index (χ1v) is 3.42. The minimum absolute atomic E-state index is 0.316. The van der Waals surface area contributed by atoms with Crippen LogP contribution in [0, 0.1) is 11.8 Å². The molecule has 0 radical (unpaired) electrons. The normalized spacial score (nSPS) is 9.75. The molecule has 0 saturated carbocycles.